The Morgan fingerprint density at radius 2 is 2.15 bits per heavy atom. The SMILES string of the molecule is C=CC(=O)OCC(O)COP(O)O. The van der Waals surface area contributed by atoms with Gasteiger partial charge in [0.25, 0.3) is 0 Å². The summed E-state index contributed by atoms with van der Waals surface area (Å²) < 4.78 is 8.72. The molecule has 0 saturated carbocycles. The van der Waals surface area contributed by atoms with E-state index < -0.39 is 20.7 Å². The summed E-state index contributed by atoms with van der Waals surface area (Å²) >= 11 is 0. The molecule has 1 unspecified atom stereocenters. The average molecular weight is 210 g/mol. The molecule has 7 heteroatoms. The van der Waals surface area contributed by atoms with E-state index in [1.165, 1.54) is 0 Å². The Balaban J connectivity index is 3.45. The number of carbonyl (C=O) groups is 1. The summed E-state index contributed by atoms with van der Waals surface area (Å²) in [5, 5.41) is 8.99. The maximum Gasteiger partial charge on any atom is 0.330 e. The molecule has 6 nitrogen and oxygen atoms in total. The van der Waals surface area contributed by atoms with Gasteiger partial charge in [0.2, 0.25) is 0 Å². The van der Waals surface area contributed by atoms with Crippen molar-refractivity contribution in [1.29, 1.82) is 0 Å². The molecule has 0 saturated heterocycles. The van der Waals surface area contributed by atoms with Crippen LogP contribution >= 0.6 is 8.60 Å². The number of esters is 1. The van der Waals surface area contributed by atoms with E-state index in [2.05, 4.69) is 15.8 Å². The minimum Gasteiger partial charge on any atom is -0.460 e. The van der Waals surface area contributed by atoms with Crippen molar-refractivity contribution in [3.8, 4) is 0 Å². The summed E-state index contributed by atoms with van der Waals surface area (Å²) in [7, 11) is -2.48. The fraction of sp³-hybridized carbons (Fsp3) is 0.500. The molecular formula is C6H11O6P. The topological polar surface area (TPSA) is 96.2 Å². The van der Waals surface area contributed by atoms with Gasteiger partial charge in [-0.1, -0.05) is 6.58 Å². The van der Waals surface area contributed by atoms with Crippen molar-refractivity contribution in [1.82, 2.24) is 0 Å². The summed E-state index contributed by atoms with van der Waals surface area (Å²) in [6, 6.07) is 0. The van der Waals surface area contributed by atoms with E-state index in [1.807, 2.05) is 0 Å². The predicted molar refractivity (Wildman–Crippen MR) is 44.5 cm³/mol. The second-order valence-electron chi connectivity index (χ2n) is 2.04. The molecule has 0 aromatic carbocycles. The minimum absolute atomic E-state index is 0.270. The fourth-order valence-corrected chi connectivity index (χ4v) is 0.743. The highest BCUT2D eigenvalue weighted by molar-refractivity contribution is 7.39. The zero-order valence-corrected chi connectivity index (χ0v) is 7.68. The lowest BCUT2D eigenvalue weighted by Crippen LogP contribution is -2.22. The molecule has 0 amide bonds. The van der Waals surface area contributed by atoms with E-state index in [9.17, 15) is 4.79 Å². The van der Waals surface area contributed by atoms with Gasteiger partial charge in [0, 0.05) is 6.08 Å². The highest BCUT2D eigenvalue weighted by atomic mass is 31.2. The second kappa shape index (κ2) is 6.94. The van der Waals surface area contributed by atoms with Crippen molar-refractivity contribution in [2.75, 3.05) is 13.2 Å². The van der Waals surface area contributed by atoms with Gasteiger partial charge in [-0.15, -0.1) is 0 Å². The first kappa shape index (κ1) is 12.5. The van der Waals surface area contributed by atoms with E-state index >= 15 is 0 Å². The molecule has 76 valence electrons. The van der Waals surface area contributed by atoms with Crippen molar-refractivity contribution in [2.24, 2.45) is 0 Å². The van der Waals surface area contributed by atoms with Crippen LogP contribution in [0.1, 0.15) is 0 Å². The Bertz CT molecular complexity index is 171. The molecule has 0 bridgehead atoms. The Kier molecular flexibility index (Phi) is 6.66. The molecule has 0 aliphatic heterocycles. The molecule has 0 heterocycles. The van der Waals surface area contributed by atoms with Gasteiger partial charge in [0.1, 0.15) is 12.7 Å². The quantitative estimate of drug-likeness (QED) is 0.305. The number of rotatable bonds is 6. The molecule has 0 aromatic rings. The highest BCUT2D eigenvalue weighted by Gasteiger charge is 2.09. The van der Waals surface area contributed by atoms with Crippen LogP contribution in [0.2, 0.25) is 0 Å². The van der Waals surface area contributed by atoms with Crippen molar-refractivity contribution in [2.45, 2.75) is 6.10 Å². The number of hydrogen-bond acceptors (Lipinski definition) is 6. The van der Waals surface area contributed by atoms with E-state index in [0.29, 0.717) is 0 Å². The lowest BCUT2D eigenvalue weighted by atomic mass is 10.4. The van der Waals surface area contributed by atoms with E-state index in [0.717, 1.165) is 6.08 Å². The molecule has 13 heavy (non-hydrogen) atoms. The number of carbonyl (C=O) groups excluding carboxylic acids is 1. The Labute approximate surface area is 76.4 Å². The van der Waals surface area contributed by atoms with Gasteiger partial charge >= 0.3 is 14.6 Å². The largest absolute Gasteiger partial charge is 0.460 e. The van der Waals surface area contributed by atoms with Crippen LogP contribution in [0, 0.1) is 0 Å². The highest BCUT2D eigenvalue weighted by Crippen LogP contribution is 2.23. The van der Waals surface area contributed by atoms with Gasteiger partial charge in [-0.05, 0) is 0 Å². The van der Waals surface area contributed by atoms with Crippen LogP contribution in [-0.4, -0.2) is 40.2 Å². The molecule has 0 radical (unpaired) electrons. The normalized spacial score (nSPS) is 12.6. The Hall–Kier alpha value is -0.520. The maximum absolute atomic E-state index is 10.5. The first-order valence-corrected chi connectivity index (χ1v) is 4.50. The molecule has 0 spiro atoms. The number of ether oxygens (including phenoxy) is 1. The summed E-state index contributed by atoms with van der Waals surface area (Å²) in [6.45, 7) is 2.58. The molecule has 0 aliphatic rings. The Morgan fingerprint density at radius 3 is 2.62 bits per heavy atom. The molecule has 1 atom stereocenters. The molecular weight excluding hydrogens is 199 g/mol. The smallest absolute Gasteiger partial charge is 0.330 e. The van der Waals surface area contributed by atoms with Crippen LogP contribution in [0.4, 0.5) is 0 Å². The average Bonchev–Trinajstić information content (AvgIpc) is 2.10. The van der Waals surface area contributed by atoms with E-state index in [4.69, 9.17) is 14.9 Å². The van der Waals surface area contributed by atoms with Crippen LogP contribution in [0.15, 0.2) is 12.7 Å². The first-order valence-electron chi connectivity index (χ1n) is 3.34. The molecule has 0 aromatic heterocycles. The van der Waals surface area contributed by atoms with Crippen molar-refractivity contribution < 1.29 is 28.9 Å². The summed E-state index contributed by atoms with van der Waals surface area (Å²) in [5.74, 6) is -0.658. The minimum atomic E-state index is -2.48. The van der Waals surface area contributed by atoms with E-state index in [1.54, 1.807) is 0 Å². The van der Waals surface area contributed by atoms with E-state index in [-0.39, 0.29) is 13.2 Å². The Morgan fingerprint density at radius 1 is 1.54 bits per heavy atom. The van der Waals surface area contributed by atoms with Gasteiger partial charge in [0.15, 0.2) is 0 Å². The van der Waals surface area contributed by atoms with Crippen molar-refractivity contribution in [3.05, 3.63) is 12.7 Å². The van der Waals surface area contributed by atoms with Gasteiger partial charge in [-0.3, -0.25) is 0 Å². The van der Waals surface area contributed by atoms with Crippen molar-refractivity contribution >= 4 is 14.6 Å². The zero-order chi connectivity index (χ0) is 10.3. The lowest BCUT2D eigenvalue weighted by Gasteiger charge is -2.10. The van der Waals surface area contributed by atoms with Crippen molar-refractivity contribution in [3.63, 3.8) is 0 Å². The monoisotopic (exact) mass is 210 g/mol. The summed E-state index contributed by atoms with van der Waals surface area (Å²) in [5.41, 5.74) is 0. The number of aliphatic hydroxyl groups excluding tert-OH is 1. The van der Waals surface area contributed by atoms with Crippen LogP contribution < -0.4 is 0 Å². The van der Waals surface area contributed by atoms with Crippen LogP contribution in [0.3, 0.4) is 0 Å². The predicted octanol–water partition coefficient (Wildman–Crippen LogP) is -0.695. The van der Waals surface area contributed by atoms with Crippen LogP contribution in [-0.2, 0) is 14.1 Å². The molecule has 3 N–H and O–H groups in total. The number of aliphatic hydroxyl groups is 1. The van der Waals surface area contributed by atoms with Crippen LogP contribution in [0.5, 0.6) is 0 Å². The third-order valence-electron chi connectivity index (χ3n) is 0.967. The zero-order valence-electron chi connectivity index (χ0n) is 6.79. The second-order valence-corrected chi connectivity index (χ2v) is 2.80. The fourth-order valence-electron chi connectivity index (χ4n) is 0.438. The van der Waals surface area contributed by atoms with Crippen LogP contribution in [0.25, 0.3) is 0 Å². The van der Waals surface area contributed by atoms with Gasteiger partial charge in [0.05, 0.1) is 6.61 Å². The van der Waals surface area contributed by atoms with Gasteiger partial charge in [-0.25, -0.2) is 4.79 Å². The lowest BCUT2D eigenvalue weighted by molar-refractivity contribution is -0.141. The molecule has 0 rings (SSSR count). The van der Waals surface area contributed by atoms with Gasteiger partial charge < -0.3 is 24.2 Å². The van der Waals surface area contributed by atoms with Gasteiger partial charge in [-0.2, -0.15) is 0 Å². The maximum atomic E-state index is 10.5. The third kappa shape index (κ3) is 7.83. The summed E-state index contributed by atoms with van der Waals surface area (Å²) in [6.07, 6.45) is -0.119. The molecule has 0 aliphatic carbocycles. The first-order chi connectivity index (χ1) is 6.06. The third-order valence-corrected chi connectivity index (χ3v) is 1.35. The number of hydrogen-bond donors (Lipinski definition) is 3. The standard InChI is InChI=1S/C6H11O6P/c1-2-6(8)11-3-5(7)4-12-13(9)10/h2,5,7,9-10H,1,3-4H2. The molecule has 0 fully saturated rings. The summed E-state index contributed by atoms with van der Waals surface area (Å²) in [4.78, 5) is 27.0.